The molecule has 0 unspecified atom stereocenters. The SMILES string of the molecule is CC(=O)N1CCC[C@H](c2ccc(N3CCOCC3)cn2)C1. The molecule has 1 atom stereocenters. The second-order valence-corrected chi connectivity index (χ2v) is 5.84. The maximum absolute atomic E-state index is 11.5. The Balaban J connectivity index is 1.67. The number of morpholine rings is 1. The van der Waals surface area contributed by atoms with Gasteiger partial charge in [0.05, 0.1) is 25.1 Å². The number of nitrogens with zero attached hydrogens (tertiary/aromatic N) is 3. The Bertz CT molecular complexity index is 483. The molecule has 0 spiro atoms. The summed E-state index contributed by atoms with van der Waals surface area (Å²) in [7, 11) is 0. The highest BCUT2D eigenvalue weighted by Gasteiger charge is 2.23. The Morgan fingerprint density at radius 1 is 1.29 bits per heavy atom. The van der Waals surface area contributed by atoms with Crippen molar-refractivity contribution >= 4 is 11.6 Å². The van der Waals surface area contributed by atoms with Gasteiger partial charge in [-0.15, -0.1) is 0 Å². The van der Waals surface area contributed by atoms with Crippen LogP contribution in [0, 0.1) is 0 Å². The highest BCUT2D eigenvalue weighted by molar-refractivity contribution is 5.73. The van der Waals surface area contributed by atoms with E-state index in [9.17, 15) is 4.79 Å². The summed E-state index contributed by atoms with van der Waals surface area (Å²) in [6.45, 7) is 6.79. The lowest BCUT2D eigenvalue weighted by Gasteiger charge is -2.32. The molecule has 1 aromatic rings. The van der Waals surface area contributed by atoms with Crippen LogP contribution in [0.3, 0.4) is 0 Å². The van der Waals surface area contributed by atoms with E-state index in [0.717, 1.165) is 57.9 Å². The summed E-state index contributed by atoms with van der Waals surface area (Å²) in [6.07, 6.45) is 4.15. The number of hydrogen-bond donors (Lipinski definition) is 0. The van der Waals surface area contributed by atoms with Crippen molar-refractivity contribution in [3.8, 4) is 0 Å². The first-order valence-electron chi connectivity index (χ1n) is 7.78. The van der Waals surface area contributed by atoms with Crippen molar-refractivity contribution in [2.24, 2.45) is 0 Å². The zero-order valence-electron chi connectivity index (χ0n) is 12.6. The van der Waals surface area contributed by atoms with Gasteiger partial charge in [0.25, 0.3) is 0 Å². The molecule has 5 heteroatoms. The van der Waals surface area contributed by atoms with Gasteiger partial charge in [-0.3, -0.25) is 9.78 Å². The zero-order chi connectivity index (χ0) is 14.7. The normalized spacial score (nSPS) is 23.2. The monoisotopic (exact) mass is 289 g/mol. The highest BCUT2D eigenvalue weighted by Crippen LogP contribution is 2.26. The van der Waals surface area contributed by atoms with E-state index < -0.39 is 0 Å². The number of anilines is 1. The number of piperidine rings is 1. The Hall–Kier alpha value is -1.62. The molecule has 0 bridgehead atoms. The minimum Gasteiger partial charge on any atom is -0.378 e. The summed E-state index contributed by atoms with van der Waals surface area (Å²) in [5.41, 5.74) is 2.28. The molecule has 1 aromatic heterocycles. The number of carbonyl (C=O) groups is 1. The van der Waals surface area contributed by atoms with Crippen LogP contribution >= 0.6 is 0 Å². The molecule has 5 nitrogen and oxygen atoms in total. The van der Waals surface area contributed by atoms with E-state index in [2.05, 4.69) is 22.0 Å². The quantitative estimate of drug-likeness (QED) is 0.830. The van der Waals surface area contributed by atoms with Crippen molar-refractivity contribution in [3.63, 3.8) is 0 Å². The first-order chi connectivity index (χ1) is 10.2. The molecule has 2 saturated heterocycles. The molecule has 0 saturated carbocycles. The van der Waals surface area contributed by atoms with Crippen molar-refractivity contribution in [3.05, 3.63) is 24.0 Å². The smallest absolute Gasteiger partial charge is 0.219 e. The first-order valence-corrected chi connectivity index (χ1v) is 7.78. The van der Waals surface area contributed by atoms with E-state index in [1.54, 1.807) is 6.92 Å². The summed E-state index contributed by atoms with van der Waals surface area (Å²) in [5, 5.41) is 0. The number of likely N-dealkylation sites (tertiary alicyclic amines) is 1. The average molecular weight is 289 g/mol. The van der Waals surface area contributed by atoms with Crippen molar-refractivity contribution in [1.82, 2.24) is 9.88 Å². The molecule has 0 aromatic carbocycles. The van der Waals surface area contributed by atoms with Gasteiger partial charge in [0.2, 0.25) is 5.91 Å². The number of rotatable bonds is 2. The lowest BCUT2D eigenvalue weighted by atomic mass is 9.94. The summed E-state index contributed by atoms with van der Waals surface area (Å²) in [6, 6.07) is 4.28. The molecule has 3 rings (SSSR count). The third-order valence-corrected chi connectivity index (χ3v) is 4.43. The molecule has 2 aliphatic rings. The van der Waals surface area contributed by atoms with E-state index in [1.807, 2.05) is 11.1 Å². The molecule has 3 heterocycles. The van der Waals surface area contributed by atoms with Crippen LogP contribution in [0.15, 0.2) is 18.3 Å². The average Bonchev–Trinajstić information content (AvgIpc) is 2.56. The molecule has 2 aliphatic heterocycles. The molecule has 0 aliphatic carbocycles. The minimum atomic E-state index is 0.171. The molecular weight excluding hydrogens is 266 g/mol. The molecular formula is C16H23N3O2. The van der Waals surface area contributed by atoms with Crippen LogP contribution in [0.5, 0.6) is 0 Å². The van der Waals surface area contributed by atoms with Gasteiger partial charge in [0.1, 0.15) is 0 Å². The molecule has 114 valence electrons. The van der Waals surface area contributed by atoms with Crippen LogP contribution in [0.4, 0.5) is 5.69 Å². The summed E-state index contributed by atoms with van der Waals surface area (Å²) < 4.78 is 5.37. The standard InChI is InChI=1S/C16H23N3O2/c1-13(20)19-6-2-3-14(12-19)16-5-4-15(11-17-16)18-7-9-21-10-8-18/h4-5,11,14H,2-3,6-10,12H2,1H3/t14-/m0/s1. The van der Waals surface area contributed by atoms with Crippen LogP contribution < -0.4 is 4.90 Å². The van der Waals surface area contributed by atoms with E-state index in [1.165, 1.54) is 5.69 Å². The third-order valence-electron chi connectivity index (χ3n) is 4.43. The zero-order valence-corrected chi connectivity index (χ0v) is 12.6. The Morgan fingerprint density at radius 2 is 2.10 bits per heavy atom. The van der Waals surface area contributed by atoms with Crippen molar-refractivity contribution < 1.29 is 9.53 Å². The second-order valence-electron chi connectivity index (χ2n) is 5.84. The van der Waals surface area contributed by atoms with E-state index in [0.29, 0.717) is 5.92 Å². The van der Waals surface area contributed by atoms with Crippen LogP contribution in [0.1, 0.15) is 31.4 Å². The van der Waals surface area contributed by atoms with Crippen LogP contribution in [-0.4, -0.2) is 55.2 Å². The van der Waals surface area contributed by atoms with Crippen molar-refractivity contribution in [1.29, 1.82) is 0 Å². The van der Waals surface area contributed by atoms with E-state index in [-0.39, 0.29) is 5.91 Å². The summed E-state index contributed by atoms with van der Waals surface area (Å²) in [5.74, 6) is 0.547. The first kappa shape index (κ1) is 14.3. The van der Waals surface area contributed by atoms with Gasteiger partial charge < -0.3 is 14.5 Å². The largest absolute Gasteiger partial charge is 0.378 e. The highest BCUT2D eigenvalue weighted by atomic mass is 16.5. The van der Waals surface area contributed by atoms with Gasteiger partial charge in [0.15, 0.2) is 0 Å². The van der Waals surface area contributed by atoms with Crippen molar-refractivity contribution in [2.45, 2.75) is 25.7 Å². The van der Waals surface area contributed by atoms with Gasteiger partial charge >= 0.3 is 0 Å². The number of hydrogen-bond acceptors (Lipinski definition) is 4. The minimum absolute atomic E-state index is 0.171. The maximum Gasteiger partial charge on any atom is 0.219 e. The number of carbonyl (C=O) groups excluding carboxylic acids is 1. The third kappa shape index (κ3) is 3.35. The van der Waals surface area contributed by atoms with Crippen LogP contribution in [0.25, 0.3) is 0 Å². The number of pyridine rings is 1. The van der Waals surface area contributed by atoms with E-state index in [4.69, 9.17) is 4.74 Å². The lowest BCUT2D eigenvalue weighted by Crippen LogP contribution is -2.38. The number of aromatic nitrogens is 1. The molecule has 0 radical (unpaired) electrons. The van der Waals surface area contributed by atoms with E-state index >= 15 is 0 Å². The molecule has 2 fully saturated rings. The fourth-order valence-corrected chi connectivity index (χ4v) is 3.15. The van der Waals surface area contributed by atoms with Gasteiger partial charge in [-0.1, -0.05) is 0 Å². The van der Waals surface area contributed by atoms with Gasteiger partial charge in [-0.05, 0) is 25.0 Å². The predicted octanol–water partition coefficient (Wildman–Crippen LogP) is 1.64. The van der Waals surface area contributed by atoms with Gasteiger partial charge in [-0.25, -0.2) is 0 Å². The fraction of sp³-hybridized carbons (Fsp3) is 0.625. The number of amides is 1. The molecule has 0 N–H and O–H groups in total. The van der Waals surface area contributed by atoms with Gasteiger partial charge in [0, 0.05) is 44.7 Å². The Morgan fingerprint density at radius 3 is 2.76 bits per heavy atom. The topological polar surface area (TPSA) is 45.7 Å². The molecule has 1 amide bonds. The fourth-order valence-electron chi connectivity index (χ4n) is 3.15. The van der Waals surface area contributed by atoms with Crippen LogP contribution in [-0.2, 0) is 9.53 Å². The second kappa shape index (κ2) is 6.43. The van der Waals surface area contributed by atoms with Crippen LogP contribution in [0.2, 0.25) is 0 Å². The van der Waals surface area contributed by atoms with Crippen molar-refractivity contribution in [2.75, 3.05) is 44.3 Å². The Kier molecular flexibility index (Phi) is 4.39. The molecule has 21 heavy (non-hydrogen) atoms. The summed E-state index contributed by atoms with van der Waals surface area (Å²) in [4.78, 5) is 20.4. The van der Waals surface area contributed by atoms with Gasteiger partial charge in [-0.2, -0.15) is 0 Å². The lowest BCUT2D eigenvalue weighted by molar-refractivity contribution is -0.130. The Labute approximate surface area is 125 Å². The predicted molar refractivity (Wildman–Crippen MR) is 81.5 cm³/mol. The maximum atomic E-state index is 11.5. The summed E-state index contributed by atoms with van der Waals surface area (Å²) >= 11 is 0. The number of ether oxygens (including phenoxy) is 1.